The lowest BCUT2D eigenvalue weighted by molar-refractivity contribution is -0.145. The first-order valence-electron chi connectivity index (χ1n) is 9.43. The minimum atomic E-state index is -0.501. The van der Waals surface area contributed by atoms with E-state index in [1.165, 1.54) is 18.2 Å². The van der Waals surface area contributed by atoms with Gasteiger partial charge in [0.05, 0.1) is 22.7 Å². The van der Waals surface area contributed by atoms with Gasteiger partial charge < -0.3 is 19.8 Å². The highest BCUT2D eigenvalue weighted by atomic mass is 35.5. The number of aromatic amines is 2. The van der Waals surface area contributed by atoms with E-state index in [9.17, 15) is 9.59 Å². The van der Waals surface area contributed by atoms with Gasteiger partial charge in [-0.3, -0.25) is 9.89 Å². The smallest absolute Gasteiger partial charge is 0.344 e. The number of carbonyl (C=O) groups is 2. The average molecular weight is 440 g/mol. The first-order chi connectivity index (χ1) is 15.0. The number of imidazole rings is 1. The van der Waals surface area contributed by atoms with E-state index in [2.05, 4.69) is 25.5 Å². The predicted molar refractivity (Wildman–Crippen MR) is 115 cm³/mol. The largest absolute Gasteiger partial charge is 0.480 e. The molecule has 0 spiro atoms. The number of hydrogen-bond donors (Lipinski definition) is 3. The van der Waals surface area contributed by atoms with Gasteiger partial charge in [-0.25, -0.2) is 9.78 Å². The third-order valence-electron chi connectivity index (χ3n) is 4.31. The Morgan fingerprint density at radius 3 is 2.77 bits per heavy atom. The van der Waals surface area contributed by atoms with E-state index in [0.29, 0.717) is 22.9 Å². The summed E-state index contributed by atoms with van der Waals surface area (Å²) in [6.07, 6.45) is 0. The third kappa shape index (κ3) is 4.67. The highest BCUT2D eigenvalue weighted by Crippen LogP contribution is 2.26. The second kappa shape index (κ2) is 8.88. The summed E-state index contributed by atoms with van der Waals surface area (Å²) in [7, 11) is 0. The molecule has 10 heteroatoms. The molecule has 0 aliphatic rings. The van der Waals surface area contributed by atoms with Crippen LogP contribution in [0.1, 0.15) is 17.3 Å². The van der Waals surface area contributed by atoms with Crippen LogP contribution in [-0.2, 0) is 9.53 Å². The number of benzene rings is 2. The molecule has 158 valence electrons. The second-order valence-corrected chi connectivity index (χ2v) is 6.87. The van der Waals surface area contributed by atoms with E-state index in [1.807, 2.05) is 24.3 Å². The summed E-state index contributed by atoms with van der Waals surface area (Å²) in [5.41, 5.74) is 2.67. The summed E-state index contributed by atoms with van der Waals surface area (Å²) in [6, 6.07) is 13.8. The number of esters is 1. The van der Waals surface area contributed by atoms with Gasteiger partial charge in [0.15, 0.2) is 18.2 Å². The van der Waals surface area contributed by atoms with Gasteiger partial charge in [-0.05, 0) is 37.3 Å². The van der Waals surface area contributed by atoms with Crippen LogP contribution in [0.3, 0.4) is 0 Å². The van der Waals surface area contributed by atoms with E-state index < -0.39 is 11.9 Å². The number of H-pyrrole nitrogens is 2. The number of aromatic nitrogens is 4. The van der Waals surface area contributed by atoms with Crippen LogP contribution in [-0.4, -0.2) is 45.3 Å². The summed E-state index contributed by atoms with van der Waals surface area (Å²) in [5, 5.41) is 9.85. The van der Waals surface area contributed by atoms with Crippen molar-refractivity contribution in [1.29, 1.82) is 0 Å². The zero-order chi connectivity index (χ0) is 21.8. The van der Waals surface area contributed by atoms with Gasteiger partial charge in [0.25, 0.3) is 5.91 Å². The lowest BCUT2D eigenvalue weighted by atomic mass is 10.2. The maximum Gasteiger partial charge on any atom is 0.344 e. The Labute approximate surface area is 181 Å². The average Bonchev–Trinajstić information content (AvgIpc) is 3.39. The van der Waals surface area contributed by atoms with E-state index >= 15 is 0 Å². The number of fused-ring (bicyclic) bond motifs is 1. The molecular weight excluding hydrogens is 422 g/mol. The summed E-state index contributed by atoms with van der Waals surface area (Å²) in [5.74, 6) is 0.318. The van der Waals surface area contributed by atoms with Crippen molar-refractivity contribution >= 4 is 40.3 Å². The molecule has 31 heavy (non-hydrogen) atoms. The molecule has 0 aliphatic carbocycles. The molecule has 0 bridgehead atoms. The molecular formula is C21H18ClN5O4. The molecule has 0 atom stereocenters. The van der Waals surface area contributed by atoms with Crippen molar-refractivity contribution in [2.75, 3.05) is 18.5 Å². The highest BCUT2D eigenvalue weighted by molar-refractivity contribution is 6.32. The van der Waals surface area contributed by atoms with Crippen LogP contribution in [0.5, 0.6) is 5.75 Å². The number of ether oxygens (including phenoxy) is 2. The van der Waals surface area contributed by atoms with Crippen molar-refractivity contribution in [2.24, 2.45) is 0 Å². The van der Waals surface area contributed by atoms with Crippen molar-refractivity contribution < 1.29 is 19.1 Å². The standard InChI is InChI=1S/C21H18ClN5O4/c1-2-30-19(28)11-31-17-8-7-12(9-13(17)22)21(29)25-18-10-16(26-27-18)20-23-14-5-3-4-6-15(14)24-20/h3-10H,2,11H2,1H3,(H,23,24)(H2,25,26,27,29). The number of anilines is 1. The Morgan fingerprint density at radius 1 is 1.16 bits per heavy atom. The van der Waals surface area contributed by atoms with Crippen LogP contribution in [0, 0.1) is 0 Å². The number of hydrogen-bond acceptors (Lipinski definition) is 6. The molecule has 2 aromatic carbocycles. The number of rotatable bonds is 7. The van der Waals surface area contributed by atoms with Crippen molar-refractivity contribution in [3.8, 4) is 17.3 Å². The monoisotopic (exact) mass is 439 g/mol. The normalized spacial score (nSPS) is 10.8. The maximum absolute atomic E-state index is 12.6. The molecule has 3 N–H and O–H groups in total. The minimum Gasteiger partial charge on any atom is -0.480 e. The van der Waals surface area contributed by atoms with Gasteiger partial charge in [-0.15, -0.1) is 0 Å². The zero-order valence-electron chi connectivity index (χ0n) is 16.4. The summed E-state index contributed by atoms with van der Waals surface area (Å²) in [4.78, 5) is 31.6. The SMILES string of the molecule is CCOC(=O)COc1ccc(C(=O)Nc2cc(-c3nc4ccccc4[nH]3)[nH]n2)cc1Cl. The van der Waals surface area contributed by atoms with Crippen LogP contribution < -0.4 is 10.1 Å². The van der Waals surface area contributed by atoms with Crippen LogP contribution >= 0.6 is 11.6 Å². The van der Waals surface area contributed by atoms with Gasteiger partial charge in [-0.1, -0.05) is 23.7 Å². The van der Waals surface area contributed by atoms with Gasteiger partial charge in [0.2, 0.25) is 0 Å². The third-order valence-corrected chi connectivity index (χ3v) is 4.60. The highest BCUT2D eigenvalue weighted by Gasteiger charge is 2.14. The molecule has 1 amide bonds. The van der Waals surface area contributed by atoms with E-state index in [-0.39, 0.29) is 24.0 Å². The number of para-hydroxylation sites is 2. The Kier molecular flexibility index (Phi) is 5.85. The molecule has 0 radical (unpaired) electrons. The van der Waals surface area contributed by atoms with Gasteiger partial charge >= 0.3 is 5.97 Å². The van der Waals surface area contributed by atoms with Crippen LogP contribution in [0.2, 0.25) is 5.02 Å². The van der Waals surface area contributed by atoms with Crippen LogP contribution in [0.25, 0.3) is 22.6 Å². The molecule has 4 rings (SSSR count). The fraction of sp³-hybridized carbons (Fsp3) is 0.143. The molecule has 0 unspecified atom stereocenters. The Morgan fingerprint density at radius 2 is 2.00 bits per heavy atom. The summed E-state index contributed by atoms with van der Waals surface area (Å²) in [6.45, 7) is 1.70. The van der Waals surface area contributed by atoms with Crippen LogP contribution in [0.15, 0.2) is 48.5 Å². The Bertz CT molecular complexity index is 1220. The topological polar surface area (TPSA) is 122 Å². The molecule has 2 aromatic heterocycles. The molecule has 0 fully saturated rings. The minimum absolute atomic E-state index is 0.196. The van der Waals surface area contributed by atoms with E-state index in [0.717, 1.165) is 11.0 Å². The molecule has 0 saturated carbocycles. The molecule has 4 aromatic rings. The molecule has 0 saturated heterocycles. The molecule has 9 nitrogen and oxygen atoms in total. The maximum atomic E-state index is 12.6. The zero-order valence-corrected chi connectivity index (χ0v) is 17.2. The van der Waals surface area contributed by atoms with Crippen molar-refractivity contribution in [3.63, 3.8) is 0 Å². The number of carbonyl (C=O) groups excluding carboxylic acids is 2. The van der Waals surface area contributed by atoms with E-state index in [4.69, 9.17) is 21.1 Å². The number of amides is 1. The number of nitrogens with zero attached hydrogens (tertiary/aromatic N) is 2. The second-order valence-electron chi connectivity index (χ2n) is 6.46. The van der Waals surface area contributed by atoms with Crippen LogP contribution in [0.4, 0.5) is 5.82 Å². The molecule has 0 aliphatic heterocycles. The summed E-state index contributed by atoms with van der Waals surface area (Å²) < 4.78 is 10.1. The fourth-order valence-corrected chi connectivity index (χ4v) is 3.11. The van der Waals surface area contributed by atoms with Gasteiger partial charge in [-0.2, -0.15) is 5.10 Å². The van der Waals surface area contributed by atoms with Gasteiger partial charge in [0, 0.05) is 11.6 Å². The quantitative estimate of drug-likeness (QED) is 0.376. The van der Waals surface area contributed by atoms with E-state index in [1.54, 1.807) is 13.0 Å². The number of nitrogens with one attached hydrogen (secondary N) is 3. The van der Waals surface area contributed by atoms with Crippen molar-refractivity contribution in [2.45, 2.75) is 6.92 Å². The Balaban J connectivity index is 1.42. The first kappa shape index (κ1) is 20.4. The first-order valence-corrected chi connectivity index (χ1v) is 9.81. The van der Waals surface area contributed by atoms with Crippen molar-refractivity contribution in [1.82, 2.24) is 20.2 Å². The predicted octanol–water partition coefficient (Wildman–Crippen LogP) is 3.80. The number of halogens is 1. The van der Waals surface area contributed by atoms with Gasteiger partial charge in [0.1, 0.15) is 11.4 Å². The van der Waals surface area contributed by atoms with Crippen molar-refractivity contribution in [3.05, 3.63) is 59.1 Å². The lowest BCUT2D eigenvalue weighted by Crippen LogP contribution is -2.15. The summed E-state index contributed by atoms with van der Waals surface area (Å²) >= 11 is 6.17. The molecule has 2 heterocycles. The Hall–Kier alpha value is -3.85. The fourth-order valence-electron chi connectivity index (χ4n) is 2.87. The lowest BCUT2D eigenvalue weighted by Gasteiger charge is -2.09.